The van der Waals surface area contributed by atoms with Crippen LogP contribution in [0.15, 0.2) is 18.2 Å². The van der Waals surface area contributed by atoms with Gasteiger partial charge in [-0.15, -0.1) is 0 Å². The highest BCUT2D eigenvalue weighted by Gasteiger charge is 2.58. The number of rotatable bonds is 4. The van der Waals surface area contributed by atoms with Crippen LogP contribution in [0.3, 0.4) is 0 Å². The molecule has 0 bridgehead atoms. The molecule has 0 aromatic heterocycles. The molecule has 0 saturated carbocycles. The number of hydrogen-bond acceptors (Lipinski definition) is 7. The van der Waals surface area contributed by atoms with Gasteiger partial charge in [0.15, 0.2) is 11.5 Å². The van der Waals surface area contributed by atoms with Crippen molar-refractivity contribution in [2.75, 3.05) is 6.61 Å². The number of carboxylic acids is 1. The van der Waals surface area contributed by atoms with Crippen molar-refractivity contribution in [2.45, 2.75) is 12.7 Å². The zero-order valence-electron chi connectivity index (χ0n) is 10.2. The van der Waals surface area contributed by atoms with Crippen LogP contribution in [0, 0.1) is 10.1 Å². The van der Waals surface area contributed by atoms with Gasteiger partial charge in [-0.25, -0.2) is 9.59 Å². The molecule has 9 heteroatoms. The maximum atomic E-state index is 11.7. The number of ether oxygens (including phenoxy) is 3. The molecular weight excluding hydrogens is 274 g/mol. The van der Waals surface area contributed by atoms with Gasteiger partial charge in [0.1, 0.15) is 0 Å². The maximum Gasteiger partial charge on any atom is 0.453 e. The Kier molecular flexibility index (Phi) is 3.18. The lowest BCUT2D eigenvalue weighted by atomic mass is 10.3. The molecule has 9 nitrogen and oxygen atoms in total. The number of hydrogen-bond donors (Lipinski definition) is 1. The highest BCUT2D eigenvalue weighted by molar-refractivity contribution is 6.02. The van der Waals surface area contributed by atoms with E-state index in [2.05, 4.69) is 4.74 Å². The van der Waals surface area contributed by atoms with Crippen molar-refractivity contribution in [2.24, 2.45) is 0 Å². The monoisotopic (exact) mass is 283 g/mol. The number of esters is 1. The highest BCUT2D eigenvalue weighted by atomic mass is 16.8. The fraction of sp³-hybridized carbons (Fsp3) is 0.273. The first-order chi connectivity index (χ1) is 9.40. The van der Waals surface area contributed by atoms with Gasteiger partial charge in [-0.1, -0.05) is 0 Å². The van der Waals surface area contributed by atoms with E-state index in [0.29, 0.717) is 0 Å². The van der Waals surface area contributed by atoms with Crippen LogP contribution in [0.1, 0.15) is 6.92 Å². The van der Waals surface area contributed by atoms with Crippen LogP contribution in [0.5, 0.6) is 11.5 Å². The van der Waals surface area contributed by atoms with Crippen molar-refractivity contribution < 1.29 is 33.8 Å². The molecule has 1 N–H and O–H groups in total. The van der Waals surface area contributed by atoms with Gasteiger partial charge in [0, 0.05) is 6.07 Å². The summed E-state index contributed by atoms with van der Waals surface area (Å²) in [4.78, 5) is 32.9. The van der Waals surface area contributed by atoms with Crippen LogP contribution in [0.4, 0.5) is 5.69 Å². The molecule has 0 saturated heterocycles. The van der Waals surface area contributed by atoms with Gasteiger partial charge < -0.3 is 19.3 Å². The number of carbonyl (C=O) groups is 2. The Bertz CT molecular complexity index is 598. The Morgan fingerprint density at radius 2 is 2.05 bits per heavy atom. The lowest BCUT2D eigenvalue weighted by Gasteiger charge is -2.19. The third kappa shape index (κ3) is 1.98. The number of fused-ring (bicyclic) bond motifs is 1. The molecule has 0 amide bonds. The summed E-state index contributed by atoms with van der Waals surface area (Å²) in [6.07, 6.45) is 0. The molecule has 1 aliphatic heterocycles. The average Bonchev–Trinajstić information content (AvgIpc) is 2.78. The number of benzene rings is 1. The van der Waals surface area contributed by atoms with Crippen LogP contribution in [-0.4, -0.2) is 34.4 Å². The summed E-state index contributed by atoms with van der Waals surface area (Å²) < 4.78 is 14.5. The zero-order chi connectivity index (χ0) is 14.9. The van der Waals surface area contributed by atoms with Gasteiger partial charge in [0.2, 0.25) is 0 Å². The standard InChI is InChI=1S/C11H9NO8/c1-2-18-10(15)11(9(13)14)19-7-4-3-6(12(16)17)5-8(7)20-11/h3-5H,2H2,1H3,(H,13,14). The van der Waals surface area contributed by atoms with Crippen molar-refractivity contribution in [3.05, 3.63) is 28.3 Å². The van der Waals surface area contributed by atoms with Gasteiger partial charge in [0.05, 0.1) is 17.6 Å². The first kappa shape index (κ1) is 13.6. The highest BCUT2D eigenvalue weighted by Crippen LogP contribution is 2.42. The second-order valence-corrected chi connectivity index (χ2v) is 3.73. The van der Waals surface area contributed by atoms with E-state index in [9.17, 15) is 19.7 Å². The smallest absolute Gasteiger partial charge is 0.453 e. The van der Waals surface area contributed by atoms with E-state index in [1.165, 1.54) is 6.92 Å². The summed E-state index contributed by atoms with van der Waals surface area (Å²) in [5.41, 5.74) is -0.322. The topological polar surface area (TPSA) is 125 Å². The second kappa shape index (κ2) is 4.68. The van der Waals surface area contributed by atoms with E-state index in [1.54, 1.807) is 0 Å². The normalized spacial score (nSPS) is 19.4. The third-order valence-electron chi connectivity index (χ3n) is 2.47. The molecule has 2 rings (SSSR count). The molecule has 1 atom stereocenters. The van der Waals surface area contributed by atoms with Crippen LogP contribution in [0.2, 0.25) is 0 Å². The van der Waals surface area contributed by atoms with Crippen LogP contribution in [-0.2, 0) is 14.3 Å². The van der Waals surface area contributed by atoms with Gasteiger partial charge >= 0.3 is 17.7 Å². The summed E-state index contributed by atoms with van der Waals surface area (Å²) >= 11 is 0. The SMILES string of the molecule is CCOC(=O)C1(C(=O)O)Oc2ccc([N+](=O)[O-])cc2O1. The van der Waals surface area contributed by atoms with Gasteiger partial charge in [0.25, 0.3) is 5.69 Å². The van der Waals surface area contributed by atoms with Gasteiger partial charge in [-0.2, -0.15) is 0 Å². The van der Waals surface area contributed by atoms with Crippen molar-refractivity contribution in [3.8, 4) is 11.5 Å². The average molecular weight is 283 g/mol. The van der Waals surface area contributed by atoms with Crippen molar-refractivity contribution in [3.63, 3.8) is 0 Å². The molecule has 106 valence electrons. The van der Waals surface area contributed by atoms with E-state index in [1.807, 2.05) is 0 Å². The van der Waals surface area contributed by atoms with Crippen LogP contribution < -0.4 is 9.47 Å². The summed E-state index contributed by atoms with van der Waals surface area (Å²) in [6, 6.07) is 3.22. The molecule has 1 unspecified atom stereocenters. The van der Waals surface area contributed by atoms with E-state index >= 15 is 0 Å². The Labute approximate surface area is 111 Å². The number of non-ortho nitro benzene ring substituents is 1. The van der Waals surface area contributed by atoms with Crippen molar-refractivity contribution >= 4 is 17.6 Å². The number of carboxylic acid groups (broad SMARTS) is 1. The number of nitrogens with zero attached hydrogens (tertiary/aromatic N) is 1. The largest absolute Gasteiger partial charge is 0.475 e. The van der Waals surface area contributed by atoms with E-state index in [0.717, 1.165) is 18.2 Å². The minimum absolute atomic E-state index is 0.0723. The van der Waals surface area contributed by atoms with E-state index in [-0.39, 0.29) is 23.8 Å². The number of nitro groups is 1. The quantitative estimate of drug-likeness (QED) is 0.370. The Morgan fingerprint density at radius 3 is 2.60 bits per heavy atom. The minimum Gasteiger partial charge on any atom is -0.475 e. The summed E-state index contributed by atoms with van der Waals surface area (Å²) in [7, 11) is 0. The molecule has 0 spiro atoms. The van der Waals surface area contributed by atoms with Crippen LogP contribution >= 0.6 is 0 Å². The van der Waals surface area contributed by atoms with Crippen LogP contribution in [0.25, 0.3) is 0 Å². The lowest BCUT2D eigenvalue weighted by Crippen LogP contribution is -2.55. The Hall–Kier alpha value is -2.84. The van der Waals surface area contributed by atoms with Gasteiger partial charge in [-0.3, -0.25) is 10.1 Å². The summed E-state index contributed by atoms with van der Waals surface area (Å²) in [5.74, 6) is -5.94. The second-order valence-electron chi connectivity index (χ2n) is 3.73. The zero-order valence-corrected chi connectivity index (χ0v) is 10.2. The Morgan fingerprint density at radius 1 is 1.40 bits per heavy atom. The number of carbonyl (C=O) groups excluding carboxylic acids is 1. The maximum absolute atomic E-state index is 11.7. The van der Waals surface area contributed by atoms with Gasteiger partial charge in [-0.05, 0) is 13.0 Å². The molecule has 0 radical (unpaired) electrons. The fourth-order valence-corrected chi connectivity index (χ4v) is 1.59. The first-order valence-electron chi connectivity index (χ1n) is 5.48. The molecule has 1 aliphatic rings. The predicted octanol–water partition coefficient (Wildman–Crippen LogP) is 0.710. The minimum atomic E-state index is -2.67. The molecule has 0 aliphatic carbocycles. The summed E-state index contributed by atoms with van der Waals surface area (Å²) in [5, 5.41) is 19.8. The first-order valence-corrected chi connectivity index (χ1v) is 5.48. The van der Waals surface area contributed by atoms with Crippen molar-refractivity contribution in [1.29, 1.82) is 0 Å². The van der Waals surface area contributed by atoms with E-state index < -0.39 is 22.6 Å². The third-order valence-corrected chi connectivity index (χ3v) is 2.47. The molecule has 1 aromatic rings. The molecule has 20 heavy (non-hydrogen) atoms. The molecular formula is C11H9NO8. The molecule has 0 fully saturated rings. The summed E-state index contributed by atoms with van der Waals surface area (Å²) in [6.45, 7) is 1.41. The number of aliphatic carboxylic acids is 1. The fourth-order valence-electron chi connectivity index (χ4n) is 1.59. The van der Waals surface area contributed by atoms with Crippen molar-refractivity contribution in [1.82, 2.24) is 0 Å². The predicted molar refractivity (Wildman–Crippen MR) is 61.4 cm³/mol. The Balaban J connectivity index is 2.40. The lowest BCUT2D eigenvalue weighted by molar-refractivity contribution is -0.384. The molecule has 1 heterocycles. The molecule has 1 aromatic carbocycles. The van der Waals surface area contributed by atoms with E-state index in [4.69, 9.17) is 14.6 Å². The number of nitro benzene ring substituents is 1.